The van der Waals surface area contributed by atoms with Crippen molar-refractivity contribution in [3.63, 3.8) is 0 Å². The van der Waals surface area contributed by atoms with Crippen molar-refractivity contribution in [2.75, 3.05) is 18.2 Å². The van der Waals surface area contributed by atoms with Crippen molar-refractivity contribution in [1.82, 2.24) is 20.2 Å². The summed E-state index contributed by atoms with van der Waals surface area (Å²) in [6, 6.07) is 7.62. The topological polar surface area (TPSA) is 125 Å². The Kier molecular flexibility index (Phi) is 6.75. The van der Waals surface area contributed by atoms with E-state index in [9.17, 15) is 9.59 Å². The Bertz CT molecular complexity index is 1130. The van der Waals surface area contributed by atoms with Gasteiger partial charge in [0.2, 0.25) is 11.1 Å². The summed E-state index contributed by atoms with van der Waals surface area (Å²) in [5, 5.41) is 15.7. The Hall–Kier alpha value is -2.92. The van der Waals surface area contributed by atoms with Gasteiger partial charge in [0.05, 0.1) is 25.0 Å². The van der Waals surface area contributed by atoms with Crippen LogP contribution in [0.4, 0.5) is 5.00 Å². The molecule has 1 aliphatic carbocycles. The minimum Gasteiger partial charge on any atom is -0.497 e. The van der Waals surface area contributed by atoms with Crippen molar-refractivity contribution in [1.29, 1.82) is 0 Å². The second-order valence-electron chi connectivity index (χ2n) is 7.72. The van der Waals surface area contributed by atoms with E-state index in [1.807, 2.05) is 24.3 Å². The fourth-order valence-corrected chi connectivity index (χ4v) is 5.80. The lowest BCUT2D eigenvalue weighted by Crippen LogP contribution is -2.20. The molecular formula is C21H24N6O3S2. The average Bonchev–Trinajstić information content (AvgIpc) is 3.36. The number of benzene rings is 1. The zero-order valence-corrected chi connectivity index (χ0v) is 19.5. The van der Waals surface area contributed by atoms with Gasteiger partial charge in [0.25, 0.3) is 5.91 Å². The van der Waals surface area contributed by atoms with Gasteiger partial charge in [0.1, 0.15) is 10.8 Å². The number of aromatic nitrogens is 4. The molecule has 0 fully saturated rings. The highest BCUT2D eigenvalue weighted by Crippen LogP contribution is 2.39. The van der Waals surface area contributed by atoms with Gasteiger partial charge in [-0.1, -0.05) is 30.8 Å². The number of hydrogen-bond acceptors (Lipinski definition) is 8. The predicted molar refractivity (Wildman–Crippen MR) is 123 cm³/mol. The van der Waals surface area contributed by atoms with Crippen LogP contribution in [0.25, 0.3) is 0 Å². The molecule has 0 radical (unpaired) electrons. The number of ether oxygens (including phenoxy) is 1. The maximum absolute atomic E-state index is 12.6. The molecule has 168 valence electrons. The number of nitrogens with one attached hydrogen (secondary N) is 1. The number of tetrazole rings is 1. The number of thiophene rings is 1. The molecule has 1 atom stereocenters. The zero-order chi connectivity index (χ0) is 22.7. The molecule has 0 bridgehead atoms. The van der Waals surface area contributed by atoms with Gasteiger partial charge in [0.15, 0.2) is 0 Å². The molecule has 2 amide bonds. The van der Waals surface area contributed by atoms with E-state index in [4.69, 9.17) is 10.5 Å². The molecule has 3 N–H and O–H groups in total. The van der Waals surface area contributed by atoms with Crippen molar-refractivity contribution in [3.05, 3.63) is 45.8 Å². The molecule has 0 spiro atoms. The van der Waals surface area contributed by atoms with Crippen molar-refractivity contribution in [2.45, 2.75) is 37.9 Å². The lowest BCUT2D eigenvalue weighted by atomic mass is 9.88. The van der Waals surface area contributed by atoms with Crippen LogP contribution in [0, 0.1) is 5.92 Å². The number of thioether (sulfide) groups is 1. The van der Waals surface area contributed by atoms with Crippen LogP contribution in [0.5, 0.6) is 5.75 Å². The van der Waals surface area contributed by atoms with E-state index in [0.29, 0.717) is 28.2 Å². The number of nitrogens with two attached hydrogens (primary N) is 1. The highest BCUT2D eigenvalue weighted by atomic mass is 32.2. The van der Waals surface area contributed by atoms with E-state index in [0.717, 1.165) is 41.0 Å². The van der Waals surface area contributed by atoms with Crippen LogP contribution >= 0.6 is 23.1 Å². The van der Waals surface area contributed by atoms with E-state index in [1.165, 1.54) is 23.1 Å². The number of nitrogens with zero attached hydrogens (tertiary/aromatic N) is 4. The van der Waals surface area contributed by atoms with E-state index in [-0.39, 0.29) is 11.7 Å². The summed E-state index contributed by atoms with van der Waals surface area (Å²) in [4.78, 5) is 25.8. The Morgan fingerprint density at radius 2 is 2.12 bits per heavy atom. The highest BCUT2D eigenvalue weighted by molar-refractivity contribution is 7.99. The molecule has 1 aromatic carbocycles. The molecule has 0 saturated heterocycles. The molecule has 9 nitrogen and oxygen atoms in total. The smallest absolute Gasteiger partial charge is 0.251 e. The molecule has 11 heteroatoms. The van der Waals surface area contributed by atoms with Crippen molar-refractivity contribution < 1.29 is 14.3 Å². The monoisotopic (exact) mass is 472 g/mol. The number of hydrogen-bond donors (Lipinski definition) is 2. The second-order valence-corrected chi connectivity index (χ2v) is 9.77. The van der Waals surface area contributed by atoms with Crippen LogP contribution in [0.1, 0.15) is 39.7 Å². The van der Waals surface area contributed by atoms with Gasteiger partial charge in [-0.3, -0.25) is 9.59 Å². The number of anilines is 1. The lowest BCUT2D eigenvalue weighted by molar-refractivity contribution is -0.113. The van der Waals surface area contributed by atoms with E-state index >= 15 is 0 Å². The third-order valence-electron chi connectivity index (χ3n) is 5.33. The summed E-state index contributed by atoms with van der Waals surface area (Å²) in [7, 11) is 1.62. The fraction of sp³-hybridized carbons (Fsp3) is 0.381. The summed E-state index contributed by atoms with van der Waals surface area (Å²) >= 11 is 2.69. The Labute approximate surface area is 193 Å². The molecule has 1 unspecified atom stereocenters. The molecule has 2 heterocycles. The number of methoxy groups -OCH3 is 1. The van der Waals surface area contributed by atoms with Crippen LogP contribution in [-0.4, -0.2) is 44.9 Å². The van der Waals surface area contributed by atoms with Gasteiger partial charge in [-0.05, 0) is 58.9 Å². The number of amides is 2. The molecular weight excluding hydrogens is 448 g/mol. The van der Waals surface area contributed by atoms with Gasteiger partial charge in [-0.2, -0.15) is 0 Å². The summed E-state index contributed by atoms with van der Waals surface area (Å²) in [6.07, 6.45) is 2.74. The minimum absolute atomic E-state index is 0.111. The molecule has 1 aliphatic rings. The van der Waals surface area contributed by atoms with Crippen LogP contribution in [0.2, 0.25) is 0 Å². The van der Waals surface area contributed by atoms with Crippen LogP contribution in [0.3, 0.4) is 0 Å². The molecule has 32 heavy (non-hydrogen) atoms. The minimum atomic E-state index is -0.497. The zero-order valence-electron chi connectivity index (χ0n) is 17.8. The quantitative estimate of drug-likeness (QED) is 0.483. The third-order valence-corrected chi connectivity index (χ3v) is 7.46. The number of carbonyl (C=O) groups excluding carboxylic acids is 2. The summed E-state index contributed by atoms with van der Waals surface area (Å²) in [5.41, 5.74) is 8.09. The first-order chi connectivity index (χ1) is 15.4. The van der Waals surface area contributed by atoms with E-state index in [1.54, 1.807) is 11.8 Å². The number of carbonyl (C=O) groups is 2. The highest BCUT2D eigenvalue weighted by Gasteiger charge is 2.27. The van der Waals surface area contributed by atoms with Crippen LogP contribution < -0.4 is 15.8 Å². The Morgan fingerprint density at radius 3 is 2.84 bits per heavy atom. The maximum atomic E-state index is 12.6. The fourth-order valence-electron chi connectivity index (χ4n) is 3.70. The second kappa shape index (κ2) is 9.70. The molecule has 0 saturated carbocycles. The van der Waals surface area contributed by atoms with Crippen LogP contribution in [0.15, 0.2) is 29.4 Å². The standard InChI is InChI=1S/C21H24N6O3S2/c1-12-3-8-15-16(9-12)32-20(18(15)19(22)29)23-17(28)11-31-21-24-25-26-27(21)10-13-4-6-14(30-2)7-5-13/h4-7,12H,3,8-11H2,1-2H3,(H2,22,29)(H,23,28). The first-order valence-electron chi connectivity index (χ1n) is 10.2. The number of fused-ring (bicyclic) bond motifs is 1. The predicted octanol–water partition coefficient (Wildman–Crippen LogP) is 2.75. The summed E-state index contributed by atoms with van der Waals surface area (Å²) in [6.45, 7) is 2.67. The molecule has 3 aromatic rings. The van der Waals surface area contributed by atoms with Crippen molar-refractivity contribution in [2.24, 2.45) is 11.7 Å². The molecule has 4 rings (SSSR count). The maximum Gasteiger partial charge on any atom is 0.251 e. The van der Waals surface area contributed by atoms with E-state index in [2.05, 4.69) is 27.8 Å². The van der Waals surface area contributed by atoms with Gasteiger partial charge in [-0.15, -0.1) is 16.4 Å². The van der Waals surface area contributed by atoms with Gasteiger partial charge < -0.3 is 15.8 Å². The SMILES string of the molecule is COc1ccc(Cn2nnnc2SCC(=O)Nc2sc3c(c2C(N)=O)CCC(C)C3)cc1. The number of rotatable bonds is 8. The van der Waals surface area contributed by atoms with Gasteiger partial charge in [0, 0.05) is 4.88 Å². The molecule has 0 aliphatic heterocycles. The van der Waals surface area contributed by atoms with Crippen molar-refractivity contribution in [3.8, 4) is 5.75 Å². The third kappa shape index (κ3) is 4.94. The average molecular weight is 473 g/mol. The van der Waals surface area contributed by atoms with Crippen molar-refractivity contribution >= 4 is 39.9 Å². The molecule has 2 aromatic heterocycles. The summed E-state index contributed by atoms with van der Waals surface area (Å²) < 4.78 is 6.81. The number of primary amides is 1. The van der Waals surface area contributed by atoms with Crippen LogP contribution in [-0.2, 0) is 24.2 Å². The Balaban J connectivity index is 1.40. The van der Waals surface area contributed by atoms with Gasteiger partial charge in [-0.25, -0.2) is 4.68 Å². The summed E-state index contributed by atoms with van der Waals surface area (Å²) in [5.74, 6) is 0.717. The first kappa shape index (κ1) is 22.3. The van der Waals surface area contributed by atoms with Gasteiger partial charge >= 0.3 is 0 Å². The lowest BCUT2D eigenvalue weighted by Gasteiger charge is -2.18. The first-order valence-corrected chi connectivity index (χ1v) is 12.0. The normalized spacial score (nSPS) is 15.2. The largest absolute Gasteiger partial charge is 0.497 e. The van der Waals surface area contributed by atoms with E-state index < -0.39 is 5.91 Å². The Morgan fingerprint density at radius 1 is 1.34 bits per heavy atom.